The Balaban J connectivity index is 1.84. The van der Waals surface area contributed by atoms with Crippen LogP contribution in [0.4, 0.5) is 13.2 Å². The fraction of sp³-hybridized carbons (Fsp3) is 0.444. The molecule has 0 saturated carbocycles. The molecule has 1 N–H and O–H groups in total. The first kappa shape index (κ1) is 17.7. The van der Waals surface area contributed by atoms with Crippen LogP contribution in [0.5, 0.6) is 0 Å². The van der Waals surface area contributed by atoms with Crippen LogP contribution in [0, 0.1) is 0 Å². The molecule has 2 heterocycles. The predicted molar refractivity (Wildman–Crippen MR) is 88.2 cm³/mol. The zero-order chi connectivity index (χ0) is 18.2. The first-order valence-corrected chi connectivity index (χ1v) is 8.25. The van der Waals surface area contributed by atoms with Gasteiger partial charge in [-0.2, -0.15) is 13.2 Å². The van der Waals surface area contributed by atoms with Crippen LogP contribution in [0.1, 0.15) is 48.0 Å². The Bertz CT molecular complexity index is 827. The number of nitrogens with one attached hydrogen (secondary N) is 1. The zero-order valence-corrected chi connectivity index (χ0v) is 14.2. The summed E-state index contributed by atoms with van der Waals surface area (Å²) >= 11 is 0. The lowest BCUT2D eigenvalue weighted by molar-refractivity contribution is -0.138. The van der Waals surface area contributed by atoms with Crippen molar-refractivity contribution in [3.8, 4) is 0 Å². The van der Waals surface area contributed by atoms with E-state index in [1.165, 1.54) is 12.1 Å². The van der Waals surface area contributed by atoms with Gasteiger partial charge in [-0.15, -0.1) is 0 Å². The van der Waals surface area contributed by atoms with Crippen molar-refractivity contribution < 1.29 is 13.2 Å². The SMILES string of the molecule is CC(C)c1nc2c(c(=O)[nH]1)CN(Cc1ccccc1C(F)(F)F)CC2. The largest absolute Gasteiger partial charge is 0.416 e. The number of nitrogens with zero attached hydrogens (tertiary/aromatic N) is 2. The molecule has 1 aromatic heterocycles. The van der Waals surface area contributed by atoms with Crippen molar-refractivity contribution in [2.45, 2.75) is 45.5 Å². The van der Waals surface area contributed by atoms with Crippen molar-refractivity contribution in [1.82, 2.24) is 14.9 Å². The summed E-state index contributed by atoms with van der Waals surface area (Å²) in [6.45, 7) is 4.94. The number of alkyl halides is 3. The summed E-state index contributed by atoms with van der Waals surface area (Å²) in [6.07, 6.45) is -3.82. The molecule has 0 radical (unpaired) electrons. The molecule has 0 aliphatic carbocycles. The van der Waals surface area contributed by atoms with Crippen molar-refractivity contribution in [3.63, 3.8) is 0 Å². The standard InChI is InChI=1S/C18H20F3N3O/c1-11(2)16-22-15-7-8-24(10-13(15)17(25)23-16)9-12-5-3-4-6-14(12)18(19,20)21/h3-6,11H,7-10H2,1-2H3,(H,22,23,25). The van der Waals surface area contributed by atoms with Crippen LogP contribution in [0.3, 0.4) is 0 Å². The summed E-state index contributed by atoms with van der Waals surface area (Å²) in [7, 11) is 0. The van der Waals surface area contributed by atoms with Gasteiger partial charge in [0.05, 0.1) is 16.8 Å². The number of hydrogen-bond acceptors (Lipinski definition) is 3. The number of aromatic nitrogens is 2. The molecule has 1 aliphatic rings. The van der Waals surface area contributed by atoms with Crippen LogP contribution in [0.2, 0.25) is 0 Å². The van der Waals surface area contributed by atoms with E-state index in [0.29, 0.717) is 30.9 Å². The third kappa shape index (κ3) is 3.76. The lowest BCUT2D eigenvalue weighted by atomic mass is 10.0. The smallest absolute Gasteiger partial charge is 0.310 e. The highest BCUT2D eigenvalue weighted by Crippen LogP contribution is 2.32. The van der Waals surface area contributed by atoms with Crippen LogP contribution in [-0.4, -0.2) is 21.4 Å². The van der Waals surface area contributed by atoms with Gasteiger partial charge in [0, 0.05) is 32.0 Å². The van der Waals surface area contributed by atoms with Gasteiger partial charge in [0.15, 0.2) is 0 Å². The summed E-state index contributed by atoms with van der Waals surface area (Å²) in [5.74, 6) is 0.773. The molecule has 4 nitrogen and oxygen atoms in total. The molecule has 2 aromatic rings. The van der Waals surface area contributed by atoms with Crippen LogP contribution >= 0.6 is 0 Å². The fourth-order valence-electron chi connectivity index (χ4n) is 3.08. The molecule has 134 valence electrons. The van der Waals surface area contributed by atoms with E-state index in [4.69, 9.17) is 0 Å². The number of aromatic amines is 1. The van der Waals surface area contributed by atoms with E-state index in [1.807, 2.05) is 18.7 Å². The molecular formula is C18H20F3N3O. The highest BCUT2D eigenvalue weighted by Gasteiger charge is 2.33. The van der Waals surface area contributed by atoms with Crippen molar-refractivity contribution in [2.75, 3.05) is 6.54 Å². The first-order valence-electron chi connectivity index (χ1n) is 8.25. The van der Waals surface area contributed by atoms with Crippen molar-refractivity contribution in [1.29, 1.82) is 0 Å². The van der Waals surface area contributed by atoms with Crippen LogP contribution < -0.4 is 5.56 Å². The molecule has 7 heteroatoms. The van der Waals surface area contributed by atoms with E-state index in [1.54, 1.807) is 6.07 Å². The summed E-state index contributed by atoms with van der Waals surface area (Å²) in [6, 6.07) is 5.57. The van der Waals surface area contributed by atoms with Crippen LogP contribution in [-0.2, 0) is 25.7 Å². The van der Waals surface area contributed by atoms with Gasteiger partial charge in [0.25, 0.3) is 5.56 Å². The maximum atomic E-state index is 13.1. The summed E-state index contributed by atoms with van der Waals surface area (Å²) in [4.78, 5) is 21.5. The second-order valence-electron chi connectivity index (χ2n) is 6.65. The van der Waals surface area contributed by atoms with Gasteiger partial charge in [-0.3, -0.25) is 9.69 Å². The Morgan fingerprint density at radius 1 is 1.28 bits per heavy atom. The topological polar surface area (TPSA) is 49.0 Å². The second-order valence-corrected chi connectivity index (χ2v) is 6.65. The monoisotopic (exact) mass is 351 g/mol. The van der Waals surface area contributed by atoms with E-state index < -0.39 is 11.7 Å². The number of hydrogen-bond donors (Lipinski definition) is 1. The molecule has 0 spiro atoms. The summed E-state index contributed by atoms with van der Waals surface area (Å²) in [5.41, 5.74) is 0.722. The molecule has 0 atom stereocenters. The third-order valence-corrected chi connectivity index (χ3v) is 4.43. The summed E-state index contributed by atoms with van der Waals surface area (Å²) < 4.78 is 39.4. The number of fused-ring (bicyclic) bond motifs is 1. The summed E-state index contributed by atoms with van der Waals surface area (Å²) in [5, 5.41) is 0. The maximum Gasteiger partial charge on any atom is 0.416 e. The van der Waals surface area contributed by atoms with E-state index >= 15 is 0 Å². The van der Waals surface area contributed by atoms with E-state index in [0.717, 1.165) is 11.8 Å². The van der Waals surface area contributed by atoms with Crippen molar-refractivity contribution in [2.24, 2.45) is 0 Å². The number of rotatable bonds is 3. The fourth-order valence-corrected chi connectivity index (χ4v) is 3.08. The minimum atomic E-state index is -4.38. The molecule has 1 aromatic carbocycles. The Morgan fingerprint density at radius 3 is 2.68 bits per heavy atom. The average molecular weight is 351 g/mol. The van der Waals surface area contributed by atoms with Crippen LogP contribution in [0.15, 0.2) is 29.1 Å². The Hall–Kier alpha value is -2.15. The zero-order valence-electron chi connectivity index (χ0n) is 14.2. The quantitative estimate of drug-likeness (QED) is 0.921. The Morgan fingerprint density at radius 2 is 2.00 bits per heavy atom. The average Bonchev–Trinajstić information content (AvgIpc) is 2.54. The van der Waals surface area contributed by atoms with Gasteiger partial charge < -0.3 is 4.98 Å². The molecule has 0 fully saturated rings. The number of benzene rings is 1. The number of H-pyrrole nitrogens is 1. The van der Waals surface area contributed by atoms with Gasteiger partial charge in [-0.05, 0) is 11.6 Å². The number of halogens is 3. The highest BCUT2D eigenvalue weighted by atomic mass is 19.4. The van der Waals surface area contributed by atoms with Crippen molar-refractivity contribution in [3.05, 3.63) is 62.8 Å². The van der Waals surface area contributed by atoms with E-state index in [9.17, 15) is 18.0 Å². The molecule has 3 rings (SSSR count). The van der Waals surface area contributed by atoms with Gasteiger partial charge in [-0.25, -0.2) is 4.98 Å². The minimum absolute atomic E-state index is 0.120. The van der Waals surface area contributed by atoms with E-state index in [2.05, 4.69) is 9.97 Å². The Labute approximate surface area is 143 Å². The molecule has 25 heavy (non-hydrogen) atoms. The van der Waals surface area contributed by atoms with Gasteiger partial charge in [0.2, 0.25) is 0 Å². The molecule has 0 bridgehead atoms. The third-order valence-electron chi connectivity index (χ3n) is 4.43. The Kier molecular flexibility index (Phi) is 4.69. The lowest BCUT2D eigenvalue weighted by Gasteiger charge is -2.28. The molecule has 1 aliphatic heterocycles. The molecule has 0 unspecified atom stereocenters. The van der Waals surface area contributed by atoms with E-state index in [-0.39, 0.29) is 23.6 Å². The lowest BCUT2D eigenvalue weighted by Crippen LogP contribution is -2.36. The highest BCUT2D eigenvalue weighted by molar-refractivity contribution is 5.30. The maximum absolute atomic E-state index is 13.1. The molecular weight excluding hydrogens is 331 g/mol. The minimum Gasteiger partial charge on any atom is -0.310 e. The van der Waals surface area contributed by atoms with Gasteiger partial charge in [0.1, 0.15) is 5.82 Å². The van der Waals surface area contributed by atoms with Gasteiger partial charge in [-0.1, -0.05) is 32.0 Å². The van der Waals surface area contributed by atoms with Crippen LogP contribution in [0.25, 0.3) is 0 Å². The van der Waals surface area contributed by atoms with Crippen molar-refractivity contribution >= 4 is 0 Å². The van der Waals surface area contributed by atoms with Gasteiger partial charge >= 0.3 is 6.18 Å². The first-order chi connectivity index (χ1) is 11.8. The molecule has 0 amide bonds. The molecule has 0 saturated heterocycles. The predicted octanol–water partition coefficient (Wildman–Crippen LogP) is 3.47. The normalized spacial score (nSPS) is 15.4. The second kappa shape index (κ2) is 6.63.